The van der Waals surface area contributed by atoms with Crippen LogP contribution in [-0.4, -0.2) is 28.3 Å². The van der Waals surface area contributed by atoms with Gasteiger partial charge in [-0.15, -0.1) is 0 Å². The fourth-order valence-electron chi connectivity index (χ4n) is 2.12. The van der Waals surface area contributed by atoms with Crippen molar-refractivity contribution in [3.8, 4) is 0 Å². The second-order valence-electron chi connectivity index (χ2n) is 4.12. The number of alkyl halides is 1. The van der Waals surface area contributed by atoms with E-state index >= 15 is 0 Å². The van der Waals surface area contributed by atoms with E-state index in [9.17, 15) is 4.79 Å². The average Bonchev–Trinajstić information content (AvgIpc) is 2.77. The maximum atomic E-state index is 11.8. The Morgan fingerprint density at radius 1 is 1.36 bits per heavy atom. The van der Waals surface area contributed by atoms with E-state index in [4.69, 9.17) is 0 Å². The zero-order chi connectivity index (χ0) is 9.97. The van der Waals surface area contributed by atoms with Gasteiger partial charge in [0.25, 0.3) is 0 Å². The standard InChI is InChI=1S/C10H16BrNOS/c11-8-2-1-3-9(8)12-10(13)7-4-5-14-6-7/h7-9H,1-6H2,(H,12,13). The van der Waals surface area contributed by atoms with Crippen LogP contribution < -0.4 is 5.32 Å². The molecule has 1 aliphatic carbocycles. The molecule has 3 atom stereocenters. The molecule has 2 fully saturated rings. The maximum Gasteiger partial charge on any atom is 0.224 e. The summed E-state index contributed by atoms with van der Waals surface area (Å²) in [7, 11) is 0. The number of carbonyl (C=O) groups is 1. The highest BCUT2D eigenvalue weighted by atomic mass is 79.9. The molecule has 0 radical (unpaired) electrons. The maximum absolute atomic E-state index is 11.8. The lowest BCUT2D eigenvalue weighted by Crippen LogP contribution is -2.41. The van der Waals surface area contributed by atoms with E-state index in [1.165, 1.54) is 12.8 Å². The van der Waals surface area contributed by atoms with E-state index in [-0.39, 0.29) is 11.8 Å². The van der Waals surface area contributed by atoms with Gasteiger partial charge in [0.2, 0.25) is 5.91 Å². The van der Waals surface area contributed by atoms with Crippen LogP contribution in [-0.2, 0) is 4.79 Å². The van der Waals surface area contributed by atoms with E-state index in [0.717, 1.165) is 24.3 Å². The number of halogens is 1. The van der Waals surface area contributed by atoms with E-state index in [0.29, 0.717) is 10.9 Å². The first-order chi connectivity index (χ1) is 6.77. The minimum atomic E-state index is 0.278. The summed E-state index contributed by atoms with van der Waals surface area (Å²) in [5, 5.41) is 3.17. The molecule has 2 aliphatic rings. The van der Waals surface area contributed by atoms with E-state index in [1.54, 1.807) is 0 Å². The molecule has 0 aromatic carbocycles. The molecule has 1 saturated carbocycles. The minimum Gasteiger partial charge on any atom is -0.352 e. The minimum absolute atomic E-state index is 0.278. The van der Waals surface area contributed by atoms with Crippen LogP contribution in [0.1, 0.15) is 25.7 Å². The number of carbonyl (C=O) groups excluding carboxylic acids is 1. The van der Waals surface area contributed by atoms with Crippen molar-refractivity contribution in [2.75, 3.05) is 11.5 Å². The summed E-state index contributed by atoms with van der Waals surface area (Å²) < 4.78 is 0. The van der Waals surface area contributed by atoms with Crippen molar-refractivity contribution in [3.05, 3.63) is 0 Å². The molecule has 1 heterocycles. The lowest BCUT2D eigenvalue weighted by Gasteiger charge is -2.18. The SMILES string of the molecule is O=C(NC1CCCC1Br)C1CCSC1. The van der Waals surface area contributed by atoms with Crippen LogP contribution in [0.2, 0.25) is 0 Å². The van der Waals surface area contributed by atoms with Gasteiger partial charge in [0.05, 0.1) is 0 Å². The van der Waals surface area contributed by atoms with Gasteiger partial charge in [0.15, 0.2) is 0 Å². The van der Waals surface area contributed by atoms with E-state index in [2.05, 4.69) is 21.2 Å². The molecule has 2 nitrogen and oxygen atoms in total. The van der Waals surface area contributed by atoms with Crippen molar-refractivity contribution < 1.29 is 4.79 Å². The first kappa shape index (κ1) is 10.8. The van der Waals surface area contributed by atoms with Crippen LogP contribution >= 0.6 is 27.7 Å². The normalized spacial score (nSPS) is 37.4. The van der Waals surface area contributed by atoms with E-state index < -0.39 is 0 Å². The van der Waals surface area contributed by atoms with Gasteiger partial charge in [-0.25, -0.2) is 0 Å². The molecule has 1 N–H and O–H groups in total. The Morgan fingerprint density at radius 3 is 2.79 bits per heavy atom. The van der Waals surface area contributed by atoms with Crippen molar-refractivity contribution in [2.45, 2.75) is 36.6 Å². The van der Waals surface area contributed by atoms with Gasteiger partial charge in [-0.1, -0.05) is 22.4 Å². The van der Waals surface area contributed by atoms with Gasteiger partial charge in [-0.05, 0) is 25.0 Å². The zero-order valence-electron chi connectivity index (χ0n) is 8.17. The molecule has 2 rings (SSSR count). The third kappa shape index (κ3) is 2.45. The molecule has 14 heavy (non-hydrogen) atoms. The van der Waals surface area contributed by atoms with Crippen molar-refractivity contribution in [1.82, 2.24) is 5.32 Å². The Hall–Kier alpha value is 0.300. The predicted molar refractivity (Wildman–Crippen MR) is 63.9 cm³/mol. The number of thioether (sulfide) groups is 1. The Morgan fingerprint density at radius 2 is 2.21 bits per heavy atom. The molecule has 1 saturated heterocycles. The van der Waals surface area contributed by atoms with Gasteiger partial charge in [-0.2, -0.15) is 11.8 Å². The Kier molecular flexibility index (Phi) is 3.77. The van der Waals surface area contributed by atoms with Crippen molar-refractivity contribution in [2.24, 2.45) is 5.92 Å². The lowest BCUT2D eigenvalue weighted by atomic mass is 10.1. The number of rotatable bonds is 2. The number of nitrogens with one attached hydrogen (secondary N) is 1. The van der Waals surface area contributed by atoms with Crippen LogP contribution in [0.25, 0.3) is 0 Å². The smallest absolute Gasteiger partial charge is 0.224 e. The van der Waals surface area contributed by atoms with Crippen LogP contribution in [0.4, 0.5) is 0 Å². The second-order valence-corrected chi connectivity index (χ2v) is 6.45. The summed E-state index contributed by atoms with van der Waals surface area (Å²) in [6.45, 7) is 0. The lowest BCUT2D eigenvalue weighted by molar-refractivity contribution is -0.124. The molecule has 1 amide bonds. The third-order valence-electron chi connectivity index (χ3n) is 3.06. The van der Waals surface area contributed by atoms with Gasteiger partial charge in [0, 0.05) is 22.5 Å². The molecule has 80 valence electrons. The van der Waals surface area contributed by atoms with Crippen molar-refractivity contribution >= 4 is 33.6 Å². The predicted octanol–water partition coefficient (Wildman–Crippen LogP) is 2.17. The summed E-state index contributed by atoms with van der Waals surface area (Å²) in [5.74, 6) is 2.73. The fraction of sp³-hybridized carbons (Fsp3) is 0.900. The monoisotopic (exact) mass is 277 g/mol. The summed E-state index contributed by atoms with van der Waals surface area (Å²) in [6.07, 6.45) is 4.64. The van der Waals surface area contributed by atoms with Crippen LogP contribution in [0.3, 0.4) is 0 Å². The van der Waals surface area contributed by atoms with Gasteiger partial charge in [0.1, 0.15) is 0 Å². The molecule has 1 aliphatic heterocycles. The molecular weight excluding hydrogens is 262 g/mol. The van der Waals surface area contributed by atoms with Gasteiger partial charge in [-0.3, -0.25) is 4.79 Å². The summed E-state index contributed by atoms with van der Waals surface area (Å²) in [6, 6.07) is 0.382. The first-order valence-corrected chi connectivity index (χ1v) is 7.36. The van der Waals surface area contributed by atoms with Crippen LogP contribution in [0.15, 0.2) is 0 Å². The van der Waals surface area contributed by atoms with Crippen molar-refractivity contribution in [3.63, 3.8) is 0 Å². The average molecular weight is 278 g/mol. The third-order valence-corrected chi connectivity index (χ3v) is 5.32. The highest BCUT2D eigenvalue weighted by Gasteiger charge is 2.30. The van der Waals surface area contributed by atoms with E-state index in [1.807, 2.05) is 11.8 Å². The molecule has 4 heteroatoms. The largest absolute Gasteiger partial charge is 0.352 e. The second kappa shape index (κ2) is 4.88. The molecule has 0 aromatic rings. The Balaban J connectivity index is 1.81. The quantitative estimate of drug-likeness (QED) is 0.784. The Bertz CT molecular complexity index is 218. The highest BCUT2D eigenvalue weighted by Crippen LogP contribution is 2.28. The zero-order valence-corrected chi connectivity index (χ0v) is 10.6. The summed E-state index contributed by atoms with van der Waals surface area (Å²) in [4.78, 5) is 12.3. The summed E-state index contributed by atoms with van der Waals surface area (Å²) >= 11 is 5.52. The van der Waals surface area contributed by atoms with Crippen LogP contribution in [0, 0.1) is 5.92 Å². The van der Waals surface area contributed by atoms with Gasteiger partial charge >= 0.3 is 0 Å². The van der Waals surface area contributed by atoms with Crippen molar-refractivity contribution in [1.29, 1.82) is 0 Å². The number of hydrogen-bond donors (Lipinski definition) is 1. The molecule has 0 aromatic heterocycles. The highest BCUT2D eigenvalue weighted by molar-refractivity contribution is 9.09. The first-order valence-electron chi connectivity index (χ1n) is 5.29. The molecular formula is C10H16BrNOS. The molecule has 0 spiro atoms. The molecule has 3 unspecified atom stereocenters. The summed E-state index contributed by atoms with van der Waals surface area (Å²) in [5.41, 5.74) is 0. The Labute approximate surface area is 97.7 Å². The van der Waals surface area contributed by atoms with Gasteiger partial charge < -0.3 is 5.32 Å². The number of hydrogen-bond acceptors (Lipinski definition) is 2. The topological polar surface area (TPSA) is 29.1 Å². The molecule has 0 bridgehead atoms. The fourth-order valence-corrected chi connectivity index (χ4v) is 4.06. The number of amides is 1. The van der Waals surface area contributed by atoms with Crippen LogP contribution in [0.5, 0.6) is 0 Å².